The highest BCUT2D eigenvalue weighted by molar-refractivity contribution is 6.33. The number of benzene rings is 3. The van der Waals surface area contributed by atoms with Crippen LogP contribution in [-0.4, -0.2) is 22.7 Å². The molecule has 31 heavy (non-hydrogen) atoms. The molecule has 1 heterocycles. The zero-order valence-corrected chi connectivity index (χ0v) is 17.1. The maximum absolute atomic E-state index is 12.1. The minimum absolute atomic E-state index is 0.162. The standard InChI is InChI=1S/C23H18ClN3O4/c24-19-11-4-5-12-20(19)25-21(28)14-29-18-10-6-7-16(13-18)23-26-22(31-27-23)15-30-17-8-2-1-3-9-17/h1-13H,14-15H2,(H,25,28). The average molecular weight is 436 g/mol. The number of carbonyl (C=O) groups excluding carboxylic acids is 1. The van der Waals surface area contributed by atoms with E-state index in [1.807, 2.05) is 36.4 Å². The van der Waals surface area contributed by atoms with Gasteiger partial charge in [-0.15, -0.1) is 0 Å². The third kappa shape index (κ3) is 5.61. The Morgan fingerprint density at radius 1 is 0.935 bits per heavy atom. The summed E-state index contributed by atoms with van der Waals surface area (Å²) in [5.41, 5.74) is 1.22. The molecule has 0 aliphatic heterocycles. The first-order valence-corrected chi connectivity index (χ1v) is 9.83. The molecule has 0 saturated carbocycles. The van der Waals surface area contributed by atoms with Crippen molar-refractivity contribution in [2.75, 3.05) is 11.9 Å². The molecule has 4 aromatic rings. The number of rotatable bonds is 8. The molecule has 8 heteroatoms. The number of ether oxygens (including phenoxy) is 2. The normalized spacial score (nSPS) is 10.5. The number of carbonyl (C=O) groups is 1. The van der Waals surface area contributed by atoms with E-state index in [1.54, 1.807) is 42.5 Å². The van der Waals surface area contributed by atoms with Crippen molar-refractivity contribution in [2.45, 2.75) is 6.61 Å². The molecule has 0 spiro atoms. The van der Waals surface area contributed by atoms with Gasteiger partial charge in [-0.3, -0.25) is 4.79 Å². The summed E-state index contributed by atoms with van der Waals surface area (Å²) in [6, 6.07) is 23.4. The molecule has 0 saturated heterocycles. The number of anilines is 1. The quantitative estimate of drug-likeness (QED) is 0.419. The third-order valence-corrected chi connectivity index (χ3v) is 4.51. The number of aromatic nitrogens is 2. The topological polar surface area (TPSA) is 86.5 Å². The van der Waals surface area contributed by atoms with Gasteiger partial charge in [0.25, 0.3) is 11.8 Å². The Labute approximate surface area is 183 Å². The van der Waals surface area contributed by atoms with Crippen LogP contribution in [-0.2, 0) is 11.4 Å². The van der Waals surface area contributed by atoms with Crippen molar-refractivity contribution in [2.24, 2.45) is 0 Å². The first-order chi connectivity index (χ1) is 15.2. The van der Waals surface area contributed by atoms with Crippen molar-refractivity contribution in [3.05, 3.63) is 89.8 Å². The first-order valence-electron chi connectivity index (χ1n) is 9.45. The summed E-state index contributed by atoms with van der Waals surface area (Å²) in [6.45, 7) is -0.00743. The second-order valence-corrected chi connectivity index (χ2v) is 6.87. The van der Waals surface area contributed by atoms with Crippen LogP contribution in [0.1, 0.15) is 5.89 Å². The minimum atomic E-state index is -0.321. The van der Waals surface area contributed by atoms with Gasteiger partial charge in [-0.05, 0) is 36.4 Å². The summed E-state index contributed by atoms with van der Waals surface area (Å²) in [6.07, 6.45) is 0. The van der Waals surface area contributed by atoms with Gasteiger partial charge in [0.1, 0.15) is 11.5 Å². The van der Waals surface area contributed by atoms with Crippen LogP contribution in [0, 0.1) is 0 Å². The molecule has 0 bridgehead atoms. The van der Waals surface area contributed by atoms with Crippen molar-refractivity contribution in [3.63, 3.8) is 0 Å². The highest BCUT2D eigenvalue weighted by atomic mass is 35.5. The van der Waals surface area contributed by atoms with Gasteiger partial charge in [0.15, 0.2) is 13.2 Å². The third-order valence-electron chi connectivity index (χ3n) is 4.18. The molecule has 0 atom stereocenters. The molecule has 0 aliphatic rings. The number of nitrogens with one attached hydrogen (secondary N) is 1. The predicted octanol–water partition coefficient (Wildman–Crippen LogP) is 4.99. The van der Waals surface area contributed by atoms with Crippen molar-refractivity contribution in [1.29, 1.82) is 0 Å². The van der Waals surface area contributed by atoms with Crippen molar-refractivity contribution in [1.82, 2.24) is 10.1 Å². The number of amides is 1. The molecule has 7 nitrogen and oxygen atoms in total. The van der Waals surface area contributed by atoms with Gasteiger partial charge < -0.3 is 19.3 Å². The number of para-hydroxylation sites is 2. The van der Waals surface area contributed by atoms with Crippen LogP contribution in [0.15, 0.2) is 83.4 Å². The lowest BCUT2D eigenvalue weighted by molar-refractivity contribution is -0.118. The zero-order chi connectivity index (χ0) is 21.5. The molecule has 1 N–H and O–H groups in total. The number of hydrogen-bond donors (Lipinski definition) is 1. The second-order valence-electron chi connectivity index (χ2n) is 6.46. The lowest BCUT2D eigenvalue weighted by atomic mass is 10.2. The van der Waals surface area contributed by atoms with Crippen LogP contribution in [0.2, 0.25) is 5.02 Å². The van der Waals surface area contributed by atoms with E-state index in [9.17, 15) is 4.79 Å². The fourth-order valence-corrected chi connectivity index (χ4v) is 2.90. The van der Waals surface area contributed by atoms with E-state index in [0.29, 0.717) is 39.5 Å². The summed E-state index contributed by atoms with van der Waals surface area (Å²) in [5, 5.41) is 7.15. The first kappa shape index (κ1) is 20.4. The highest BCUT2D eigenvalue weighted by Gasteiger charge is 2.11. The summed E-state index contributed by atoms with van der Waals surface area (Å²) in [5.74, 6) is 1.65. The van der Waals surface area contributed by atoms with E-state index in [-0.39, 0.29) is 19.1 Å². The van der Waals surface area contributed by atoms with E-state index in [0.717, 1.165) is 0 Å². The number of hydrogen-bond acceptors (Lipinski definition) is 6. The van der Waals surface area contributed by atoms with Crippen LogP contribution in [0.25, 0.3) is 11.4 Å². The smallest absolute Gasteiger partial charge is 0.264 e. The van der Waals surface area contributed by atoms with Gasteiger partial charge in [0, 0.05) is 5.56 Å². The Balaban J connectivity index is 1.34. The highest BCUT2D eigenvalue weighted by Crippen LogP contribution is 2.23. The maximum Gasteiger partial charge on any atom is 0.264 e. The Kier molecular flexibility index (Phi) is 6.44. The lowest BCUT2D eigenvalue weighted by Crippen LogP contribution is -2.20. The molecule has 0 radical (unpaired) electrons. The second kappa shape index (κ2) is 9.77. The Hall–Kier alpha value is -3.84. The van der Waals surface area contributed by atoms with Gasteiger partial charge in [-0.25, -0.2) is 0 Å². The molecular formula is C23H18ClN3O4. The summed E-state index contributed by atoms with van der Waals surface area (Å²) < 4.78 is 16.5. The number of nitrogens with zero attached hydrogens (tertiary/aromatic N) is 2. The Morgan fingerprint density at radius 3 is 2.55 bits per heavy atom. The molecule has 156 valence electrons. The molecule has 4 rings (SSSR count). The van der Waals surface area contributed by atoms with Gasteiger partial charge in [-0.1, -0.05) is 59.2 Å². The minimum Gasteiger partial charge on any atom is -0.484 e. The van der Waals surface area contributed by atoms with Crippen molar-refractivity contribution in [3.8, 4) is 22.9 Å². The van der Waals surface area contributed by atoms with Gasteiger partial charge in [0.05, 0.1) is 10.7 Å². The van der Waals surface area contributed by atoms with E-state index in [4.69, 9.17) is 25.6 Å². The monoisotopic (exact) mass is 435 g/mol. The Bertz CT molecular complexity index is 1160. The van der Waals surface area contributed by atoms with Crippen LogP contribution in [0.5, 0.6) is 11.5 Å². The van der Waals surface area contributed by atoms with E-state index in [1.165, 1.54) is 0 Å². The lowest BCUT2D eigenvalue weighted by Gasteiger charge is -2.09. The zero-order valence-electron chi connectivity index (χ0n) is 16.3. The van der Waals surface area contributed by atoms with Gasteiger partial charge >= 0.3 is 0 Å². The van der Waals surface area contributed by atoms with Crippen molar-refractivity contribution >= 4 is 23.2 Å². The fraction of sp³-hybridized carbons (Fsp3) is 0.0870. The summed E-state index contributed by atoms with van der Waals surface area (Å²) in [4.78, 5) is 16.5. The van der Waals surface area contributed by atoms with Gasteiger partial charge in [0.2, 0.25) is 5.82 Å². The summed E-state index contributed by atoms with van der Waals surface area (Å²) >= 11 is 6.05. The molecule has 0 unspecified atom stereocenters. The van der Waals surface area contributed by atoms with E-state index < -0.39 is 0 Å². The predicted molar refractivity (Wildman–Crippen MR) is 116 cm³/mol. The SMILES string of the molecule is O=C(COc1cccc(-c2noc(COc3ccccc3)n2)c1)Nc1ccccc1Cl. The van der Waals surface area contributed by atoms with E-state index in [2.05, 4.69) is 15.5 Å². The molecular weight excluding hydrogens is 418 g/mol. The molecule has 0 aliphatic carbocycles. The van der Waals surface area contributed by atoms with Crippen molar-refractivity contribution < 1.29 is 18.8 Å². The van der Waals surface area contributed by atoms with Crippen LogP contribution in [0.3, 0.4) is 0 Å². The average Bonchev–Trinajstić information content (AvgIpc) is 3.28. The molecule has 0 fully saturated rings. The Morgan fingerprint density at radius 2 is 1.71 bits per heavy atom. The largest absolute Gasteiger partial charge is 0.484 e. The van der Waals surface area contributed by atoms with Crippen LogP contribution in [0.4, 0.5) is 5.69 Å². The molecule has 1 amide bonds. The van der Waals surface area contributed by atoms with Crippen LogP contribution < -0.4 is 14.8 Å². The number of halogens is 1. The van der Waals surface area contributed by atoms with Gasteiger partial charge in [-0.2, -0.15) is 4.98 Å². The maximum atomic E-state index is 12.1. The molecule has 3 aromatic carbocycles. The van der Waals surface area contributed by atoms with Crippen LogP contribution >= 0.6 is 11.6 Å². The molecule has 1 aromatic heterocycles. The fourth-order valence-electron chi connectivity index (χ4n) is 2.72. The summed E-state index contributed by atoms with van der Waals surface area (Å²) in [7, 11) is 0. The van der Waals surface area contributed by atoms with E-state index >= 15 is 0 Å².